The van der Waals surface area contributed by atoms with Crippen LogP contribution in [0, 0.1) is 5.92 Å². The Hall–Kier alpha value is -1.15. The lowest BCUT2D eigenvalue weighted by molar-refractivity contribution is 0.0534. The molecule has 0 unspecified atom stereocenters. The number of hydrogen-bond acceptors (Lipinski definition) is 2. The summed E-state index contributed by atoms with van der Waals surface area (Å²) >= 11 is 0. The van der Waals surface area contributed by atoms with Gasteiger partial charge in [0.15, 0.2) is 8.32 Å². The van der Waals surface area contributed by atoms with Gasteiger partial charge in [0.05, 0.1) is 5.60 Å². The zero-order valence-corrected chi connectivity index (χ0v) is 18.2. The summed E-state index contributed by atoms with van der Waals surface area (Å²) < 4.78 is 20.6. The van der Waals surface area contributed by atoms with Crippen LogP contribution in [0.1, 0.15) is 20.8 Å². The van der Waals surface area contributed by atoms with Gasteiger partial charge in [0.2, 0.25) is 0 Å². The van der Waals surface area contributed by atoms with Crippen LogP contribution in [0.15, 0.2) is 60.7 Å². The molecule has 2 nitrogen and oxygen atoms in total. The number of rotatable bonds is 7. The summed E-state index contributed by atoms with van der Waals surface area (Å²) in [7, 11) is -4.39. The minimum absolute atomic E-state index is 0.172. The van der Waals surface area contributed by atoms with E-state index in [9.17, 15) is 4.57 Å². The lowest BCUT2D eigenvalue weighted by Crippen LogP contribution is -2.44. The van der Waals surface area contributed by atoms with Crippen LogP contribution >= 0.6 is 7.14 Å². The van der Waals surface area contributed by atoms with Crippen LogP contribution in [0.3, 0.4) is 0 Å². The molecule has 0 amide bonds. The predicted octanol–water partition coefficient (Wildman–Crippen LogP) is 5.27. The summed E-state index contributed by atoms with van der Waals surface area (Å²) in [5, 5.41) is 1.86. The van der Waals surface area contributed by atoms with Gasteiger partial charge in [-0.05, 0) is 39.4 Å². The second-order valence-corrected chi connectivity index (χ2v) is 15.6. The molecule has 0 N–H and O–H groups in total. The molecule has 0 heterocycles. The lowest BCUT2D eigenvalue weighted by atomic mass is 9.95. The Bertz CT molecular complexity index is 677. The fourth-order valence-corrected chi connectivity index (χ4v) is 8.21. The average molecular weight is 375 g/mol. The van der Waals surface area contributed by atoms with Crippen LogP contribution < -0.4 is 10.6 Å². The maximum atomic E-state index is 14.2. The summed E-state index contributed by atoms with van der Waals surface area (Å²) in [4.78, 5) is 0. The molecule has 2 aromatic carbocycles. The van der Waals surface area contributed by atoms with E-state index in [-0.39, 0.29) is 11.5 Å². The zero-order valence-electron chi connectivity index (χ0n) is 16.3. The van der Waals surface area contributed by atoms with Crippen molar-refractivity contribution in [3.05, 3.63) is 60.7 Å². The van der Waals surface area contributed by atoms with Gasteiger partial charge in [-0.25, -0.2) is 0 Å². The standard InChI is InChI=1S/C21H31O2PSi/c1-18(21(2,3)23-25(4,5)6)17-24(22,19-13-9-7-10-14-19)20-15-11-8-12-16-20/h7-16,18H,17H2,1-6H3/t18-/m0/s1. The van der Waals surface area contributed by atoms with Crippen molar-refractivity contribution in [3.8, 4) is 0 Å². The molecule has 0 saturated carbocycles. The molecule has 0 aliphatic heterocycles. The first-order valence-corrected chi connectivity index (χ1v) is 14.3. The van der Waals surface area contributed by atoms with E-state index in [1.54, 1.807) is 0 Å². The van der Waals surface area contributed by atoms with Gasteiger partial charge in [0.1, 0.15) is 7.14 Å². The van der Waals surface area contributed by atoms with Gasteiger partial charge in [-0.3, -0.25) is 0 Å². The van der Waals surface area contributed by atoms with E-state index in [1.165, 1.54) is 0 Å². The molecule has 136 valence electrons. The third kappa shape index (κ3) is 5.16. The van der Waals surface area contributed by atoms with Crippen molar-refractivity contribution < 1.29 is 8.99 Å². The Kier molecular flexibility index (Phi) is 6.14. The normalized spacial score (nSPS) is 14.3. The molecule has 2 aromatic rings. The fourth-order valence-electron chi connectivity index (χ4n) is 3.19. The second kappa shape index (κ2) is 7.61. The van der Waals surface area contributed by atoms with Crippen molar-refractivity contribution in [2.24, 2.45) is 5.92 Å². The molecule has 1 atom stereocenters. The summed E-state index contributed by atoms with van der Waals surface area (Å²) in [5.41, 5.74) is -0.302. The van der Waals surface area contributed by atoms with Gasteiger partial charge in [0, 0.05) is 16.8 Å². The van der Waals surface area contributed by atoms with Gasteiger partial charge in [-0.1, -0.05) is 67.6 Å². The highest BCUT2D eigenvalue weighted by atomic mass is 31.2. The van der Waals surface area contributed by atoms with Crippen LogP contribution in [0.2, 0.25) is 19.6 Å². The van der Waals surface area contributed by atoms with Gasteiger partial charge in [-0.15, -0.1) is 0 Å². The van der Waals surface area contributed by atoms with E-state index in [0.29, 0.717) is 6.16 Å². The van der Waals surface area contributed by atoms with Crippen LogP contribution in [0.25, 0.3) is 0 Å². The maximum absolute atomic E-state index is 14.2. The molecule has 0 radical (unpaired) electrons. The molecule has 25 heavy (non-hydrogen) atoms. The molecular weight excluding hydrogens is 343 g/mol. The summed E-state index contributed by atoms with van der Waals surface area (Å²) in [6, 6.07) is 19.8. The smallest absolute Gasteiger partial charge is 0.184 e. The SMILES string of the molecule is C[C@@H](CP(=O)(c1ccccc1)c1ccccc1)C(C)(C)O[Si](C)(C)C. The van der Waals surface area contributed by atoms with Crippen molar-refractivity contribution >= 4 is 26.1 Å². The van der Waals surface area contributed by atoms with Gasteiger partial charge < -0.3 is 8.99 Å². The van der Waals surface area contributed by atoms with Gasteiger partial charge in [0.25, 0.3) is 0 Å². The van der Waals surface area contributed by atoms with E-state index < -0.39 is 15.5 Å². The highest BCUT2D eigenvalue weighted by Gasteiger charge is 2.38. The van der Waals surface area contributed by atoms with Gasteiger partial charge in [-0.2, -0.15) is 0 Å². The molecule has 0 aliphatic rings. The molecule has 0 saturated heterocycles. The van der Waals surface area contributed by atoms with Gasteiger partial charge >= 0.3 is 0 Å². The highest BCUT2D eigenvalue weighted by Crippen LogP contribution is 2.47. The molecule has 0 aromatic heterocycles. The lowest BCUT2D eigenvalue weighted by Gasteiger charge is -2.39. The Labute approximate surface area is 154 Å². The van der Waals surface area contributed by atoms with Crippen LogP contribution in [0.5, 0.6) is 0 Å². The zero-order chi connectivity index (χ0) is 18.7. The van der Waals surface area contributed by atoms with Crippen molar-refractivity contribution in [2.45, 2.75) is 46.0 Å². The Morgan fingerprint density at radius 1 is 0.920 bits per heavy atom. The van der Waals surface area contributed by atoms with Crippen molar-refractivity contribution in [1.82, 2.24) is 0 Å². The first-order chi connectivity index (χ1) is 11.5. The highest BCUT2D eigenvalue weighted by molar-refractivity contribution is 7.78. The van der Waals surface area contributed by atoms with E-state index >= 15 is 0 Å². The molecule has 0 aliphatic carbocycles. The monoisotopic (exact) mass is 374 g/mol. The Morgan fingerprint density at radius 3 is 1.68 bits per heavy atom. The number of benzene rings is 2. The first kappa shape index (κ1) is 20.2. The Balaban J connectivity index is 2.40. The molecule has 4 heteroatoms. The van der Waals surface area contributed by atoms with Crippen LogP contribution in [0.4, 0.5) is 0 Å². The quantitative estimate of drug-likeness (QED) is 0.488. The molecule has 0 bridgehead atoms. The second-order valence-electron chi connectivity index (χ2n) is 8.31. The first-order valence-electron chi connectivity index (χ1n) is 8.95. The van der Waals surface area contributed by atoms with Crippen molar-refractivity contribution in [3.63, 3.8) is 0 Å². The Morgan fingerprint density at radius 2 is 1.32 bits per heavy atom. The van der Waals surface area contributed by atoms with Crippen LogP contribution in [-0.2, 0) is 8.99 Å². The third-order valence-corrected chi connectivity index (χ3v) is 9.10. The molecular formula is C21H31O2PSi. The maximum Gasteiger partial charge on any atom is 0.184 e. The van der Waals surface area contributed by atoms with Crippen molar-refractivity contribution in [1.29, 1.82) is 0 Å². The van der Waals surface area contributed by atoms with E-state index in [2.05, 4.69) is 40.4 Å². The summed E-state index contributed by atoms with van der Waals surface area (Å²) in [6.07, 6.45) is 0.610. The minimum Gasteiger partial charge on any atom is -0.412 e. The topological polar surface area (TPSA) is 26.3 Å². The third-order valence-electron chi connectivity index (χ3n) is 4.63. The fraction of sp³-hybridized carbons (Fsp3) is 0.429. The average Bonchev–Trinajstić information content (AvgIpc) is 2.54. The molecule has 0 spiro atoms. The number of hydrogen-bond donors (Lipinski definition) is 0. The summed E-state index contributed by atoms with van der Waals surface area (Å²) in [5.74, 6) is 0.172. The molecule has 2 rings (SSSR count). The van der Waals surface area contributed by atoms with Crippen molar-refractivity contribution in [2.75, 3.05) is 6.16 Å². The molecule has 0 fully saturated rings. The van der Waals surface area contributed by atoms with Crippen LogP contribution in [-0.4, -0.2) is 20.1 Å². The summed E-state index contributed by atoms with van der Waals surface area (Å²) in [6.45, 7) is 13.0. The van der Waals surface area contributed by atoms with E-state index in [0.717, 1.165) is 10.6 Å². The van der Waals surface area contributed by atoms with E-state index in [1.807, 2.05) is 60.7 Å². The largest absolute Gasteiger partial charge is 0.412 e. The minimum atomic E-state index is -2.71. The van der Waals surface area contributed by atoms with E-state index in [4.69, 9.17) is 4.43 Å². The predicted molar refractivity (Wildman–Crippen MR) is 112 cm³/mol.